The zero-order chi connectivity index (χ0) is 30.6. The van der Waals surface area contributed by atoms with Crippen molar-refractivity contribution >= 4 is 27.4 Å². The van der Waals surface area contributed by atoms with Crippen molar-refractivity contribution in [3.05, 3.63) is 60.4 Å². The van der Waals surface area contributed by atoms with E-state index in [9.17, 15) is 13.2 Å². The van der Waals surface area contributed by atoms with Crippen molar-refractivity contribution in [2.75, 3.05) is 56.3 Å². The minimum atomic E-state index is -3.73. The van der Waals surface area contributed by atoms with Crippen LogP contribution in [0, 0.1) is 0 Å². The summed E-state index contributed by atoms with van der Waals surface area (Å²) in [6, 6.07) is 14.8. The summed E-state index contributed by atoms with van der Waals surface area (Å²) in [6.45, 7) is 10.5. The summed E-state index contributed by atoms with van der Waals surface area (Å²) in [7, 11) is -3.73. The zero-order valence-electron chi connectivity index (χ0n) is 24.5. The van der Waals surface area contributed by atoms with Gasteiger partial charge in [0.1, 0.15) is 23.8 Å². The first kappa shape index (κ1) is 30.2. The van der Waals surface area contributed by atoms with Crippen LogP contribution in [0.4, 0.5) is 16.3 Å². The molecule has 0 unspecified atom stereocenters. The maximum absolute atomic E-state index is 12.9. The summed E-state index contributed by atoms with van der Waals surface area (Å²) < 4.78 is 43.6. The van der Waals surface area contributed by atoms with Crippen LogP contribution in [-0.2, 0) is 20.0 Å². The van der Waals surface area contributed by atoms with E-state index in [1.54, 1.807) is 54.6 Å². The number of carbonyl (C=O) groups is 1. The molecule has 0 aliphatic carbocycles. The number of rotatable bonds is 9. The van der Waals surface area contributed by atoms with Gasteiger partial charge in [0.2, 0.25) is 0 Å². The number of anilines is 2. The van der Waals surface area contributed by atoms with Crippen molar-refractivity contribution in [3.63, 3.8) is 0 Å². The maximum atomic E-state index is 12.9. The first-order chi connectivity index (χ1) is 20.5. The predicted octanol–water partition coefficient (Wildman–Crippen LogP) is 3.98. The third-order valence-electron chi connectivity index (χ3n) is 6.75. The molecule has 4 aromatic rings. The molecule has 1 fully saturated rings. The molecule has 5 rings (SSSR count). The second-order valence-electron chi connectivity index (χ2n) is 11.2. The van der Waals surface area contributed by atoms with Gasteiger partial charge in [-0.1, -0.05) is 43.3 Å². The van der Waals surface area contributed by atoms with E-state index in [4.69, 9.17) is 14.0 Å². The third-order valence-corrected chi connectivity index (χ3v) is 7.82. The molecule has 2 aromatic heterocycles. The molecule has 228 valence electrons. The minimum Gasteiger partial charge on any atom is -0.492 e. The van der Waals surface area contributed by atoms with Crippen LogP contribution in [0.25, 0.3) is 16.9 Å². The van der Waals surface area contributed by atoms with Crippen LogP contribution in [0.15, 0.2) is 64.1 Å². The highest BCUT2D eigenvalue weighted by Gasteiger charge is 2.25. The highest BCUT2D eigenvalue weighted by molar-refractivity contribution is 7.90. The molecule has 1 aliphatic rings. The van der Waals surface area contributed by atoms with E-state index in [0.717, 1.165) is 39.1 Å². The number of aromatic nitrogens is 4. The average Bonchev–Trinajstić information content (AvgIpc) is 3.63. The number of hydrogen-bond acceptors (Lipinski definition) is 10. The lowest BCUT2D eigenvalue weighted by atomic mass is 9.93. The van der Waals surface area contributed by atoms with E-state index in [1.165, 1.54) is 4.68 Å². The highest BCUT2D eigenvalue weighted by Crippen LogP contribution is 2.29. The fraction of sp³-hybridized carbons (Fsp3) is 0.379. The van der Waals surface area contributed by atoms with Crippen molar-refractivity contribution < 1.29 is 27.2 Å². The molecule has 0 radical (unpaired) electrons. The third kappa shape index (κ3) is 7.58. The molecule has 1 saturated heterocycles. The minimum absolute atomic E-state index is 0.0485. The average molecular weight is 610 g/mol. The molecule has 2 amide bonds. The number of benzene rings is 2. The fourth-order valence-electron chi connectivity index (χ4n) is 4.43. The molecule has 0 bridgehead atoms. The number of morpholine rings is 1. The van der Waals surface area contributed by atoms with Gasteiger partial charge in [0.05, 0.1) is 18.9 Å². The molecule has 1 aliphatic heterocycles. The summed E-state index contributed by atoms with van der Waals surface area (Å²) in [5, 5.41) is 17.5. The molecule has 0 saturated carbocycles. The van der Waals surface area contributed by atoms with Gasteiger partial charge in [-0.25, -0.2) is 17.9 Å². The van der Waals surface area contributed by atoms with Gasteiger partial charge in [-0.2, -0.15) is 0 Å². The van der Waals surface area contributed by atoms with Crippen LogP contribution < -0.4 is 15.4 Å². The lowest BCUT2D eigenvalue weighted by Gasteiger charge is -2.26. The predicted molar refractivity (Wildman–Crippen MR) is 161 cm³/mol. The van der Waals surface area contributed by atoms with Crippen molar-refractivity contribution in [2.24, 2.45) is 0 Å². The summed E-state index contributed by atoms with van der Waals surface area (Å²) in [5.41, 5.74) is 1.48. The van der Waals surface area contributed by atoms with Gasteiger partial charge in [-0.3, -0.25) is 10.2 Å². The van der Waals surface area contributed by atoms with Crippen LogP contribution in [0.5, 0.6) is 5.75 Å². The Morgan fingerprint density at radius 1 is 1.02 bits per heavy atom. The molecule has 0 atom stereocenters. The zero-order valence-corrected chi connectivity index (χ0v) is 25.3. The van der Waals surface area contributed by atoms with E-state index < -0.39 is 15.9 Å². The molecule has 13 nitrogen and oxygen atoms in total. The number of sulfone groups is 1. The second-order valence-corrected chi connectivity index (χ2v) is 13.1. The standard InChI is InChI=1S/C29H35N7O6S/c1-29(2,3)24-19-25(33-42-24)31-28(37)30-21-7-5-20(6-8-21)26-27(43(4,38)39)36(34-32-26)22-9-11-23(12-10-22)41-18-15-35-13-16-40-17-14-35/h5-12,19H,13-18H2,1-4H3,(H2,30,31,33,37). The second kappa shape index (κ2) is 12.5. The Morgan fingerprint density at radius 2 is 1.72 bits per heavy atom. The summed E-state index contributed by atoms with van der Waals surface area (Å²) in [6.07, 6.45) is 1.12. The quantitative estimate of drug-likeness (QED) is 0.285. The Morgan fingerprint density at radius 3 is 2.35 bits per heavy atom. The Kier molecular flexibility index (Phi) is 8.80. The lowest BCUT2D eigenvalue weighted by molar-refractivity contribution is 0.0322. The van der Waals surface area contributed by atoms with Gasteiger partial charge in [0, 0.05) is 48.6 Å². The molecule has 3 heterocycles. The monoisotopic (exact) mass is 609 g/mol. The number of amides is 2. The maximum Gasteiger partial charge on any atom is 0.324 e. The number of nitrogens with zero attached hydrogens (tertiary/aromatic N) is 5. The number of hydrogen-bond donors (Lipinski definition) is 2. The molecule has 0 spiro atoms. The molecular weight excluding hydrogens is 574 g/mol. The largest absolute Gasteiger partial charge is 0.492 e. The van der Waals surface area contributed by atoms with Gasteiger partial charge >= 0.3 is 6.03 Å². The van der Waals surface area contributed by atoms with E-state index in [2.05, 4.69) is 31.0 Å². The SMILES string of the molecule is CC(C)(C)c1cc(NC(=O)Nc2ccc(-c3nnn(-c4ccc(OCCN5CCOCC5)cc4)c3S(C)(=O)=O)cc2)no1. The van der Waals surface area contributed by atoms with E-state index in [0.29, 0.717) is 40.9 Å². The van der Waals surface area contributed by atoms with Crippen molar-refractivity contribution in [1.82, 2.24) is 25.1 Å². The molecule has 43 heavy (non-hydrogen) atoms. The molecular formula is C29H35N7O6S. The van der Waals surface area contributed by atoms with Gasteiger partial charge in [0.25, 0.3) is 0 Å². The number of urea groups is 1. The van der Waals surface area contributed by atoms with Crippen LogP contribution in [0.2, 0.25) is 0 Å². The van der Waals surface area contributed by atoms with E-state index in [1.807, 2.05) is 20.8 Å². The summed E-state index contributed by atoms with van der Waals surface area (Å²) in [5.74, 6) is 1.61. The smallest absolute Gasteiger partial charge is 0.324 e. The summed E-state index contributed by atoms with van der Waals surface area (Å²) in [4.78, 5) is 14.8. The van der Waals surface area contributed by atoms with Crippen LogP contribution in [-0.4, -0.2) is 85.2 Å². The van der Waals surface area contributed by atoms with E-state index in [-0.39, 0.29) is 16.1 Å². The Hall–Kier alpha value is -4.27. The topological polar surface area (TPSA) is 154 Å². The first-order valence-electron chi connectivity index (χ1n) is 13.8. The highest BCUT2D eigenvalue weighted by atomic mass is 32.2. The summed E-state index contributed by atoms with van der Waals surface area (Å²) >= 11 is 0. The van der Waals surface area contributed by atoms with Crippen LogP contribution in [0.3, 0.4) is 0 Å². The van der Waals surface area contributed by atoms with Gasteiger partial charge < -0.3 is 19.3 Å². The number of ether oxygens (including phenoxy) is 2. The van der Waals surface area contributed by atoms with Gasteiger partial charge in [0.15, 0.2) is 20.7 Å². The lowest BCUT2D eigenvalue weighted by Crippen LogP contribution is -2.38. The number of nitrogens with one attached hydrogen (secondary N) is 2. The van der Waals surface area contributed by atoms with Crippen molar-refractivity contribution in [2.45, 2.75) is 31.2 Å². The van der Waals surface area contributed by atoms with Crippen LogP contribution in [0.1, 0.15) is 26.5 Å². The van der Waals surface area contributed by atoms with E-state index >= 15 is 0 Å². The normalized spacial score (nSPS) is 14.4. The van der Waals surface area contributed by atoms with Crippen LogP contribution >= 0.6 is 0 Å². The number of carbonyl (C=O) groups excluding carboxylic acids is 1. The molecule has 2 aromatic carbocycles. The Bertz CT molecular complexity index is 1650. The molecule has 14 heteroatoms. The first-order valence-corrected chi connectivity index (χ1v) is 15.7. The fourth-order valence-corrected chi connectivity index (χ4v) is 5.40. The van der Waals surface area contributed by atoms with Crippen molar-refractivity contribution in [1.29, 1.82) is 0 Å². The van der Waals surface area contributed by atoms with Gasteiger partial charge in [-0.15, -0.1) is 5.10 Å². The van der Waals surface area contributed by atoms with Crippen molar-refractivity contribution in [3.8, 4) is 22.7 Å². The molecule has 2 N–H and O–H groups in total. The Balaban J connectivity index is 1.26. The Labute approximate surface area is 250 Å². The van der Waals surface area contributed by atoms with Gasteiger partial charge in [-0.05, 0) is 36.4 Å².